The molecule has 0 bridgehead atoms. The first-order chi connectivity index (χ1) is 9.98. The summed E-state index contributed by atoms with van der Waals surface area (Å²) in [5.41, 5.74) is -0.493. The summed E-state index contributed by atoms with van der Waals surface area (Å²) in [6.45, 7) is 7.16. The molecule has 2 rings (SSSR count). The number of hydrogen-bond donors (Lipinski definition) is 2. The van der Waals surface area contributed by atoms with E-state index in [-0.39, 0.29) is 29.0 Å². The van der Waals surface area contributed by atoms with Crippen LogP contribution in [0.5, 0.6) is 0 Å². The number of anilines is 2. The van der Waals surface area contributed by atoms with Crippen LogP contribution in [0.25, 0.3) is 0 Å². The van der Waals surface area contributed by atoms with Crippen molar-refractivity contribution in [3.8, 4) is 0 Å². The highest BCUT2D eigenvalue weighted by molar-refractivity contribution is 5.70. The van der Waals surface area contributed by atoms with Crippen LogP contribution in [-0.2, 0) is 4.74 Å². The largest absolute Gasteiger partial charge is 0.376 e. The Morgan fingerprint density at radius 1 is 1.52 bits per heavy atom. The van der Waals surface area contributed by atoms with Crippen LogP contribution in [0.15, 0.2) is 6.33 Å². The molecule has 0 amide bonds. The SMILES string of the molecule is CCCNc1ncnc(NC2(C)CCOC2C)c1[N+](=O)[O-]. The minimum absolute atomic E-state index is 0.0425. The van der Waals surface area contributed by atoms with Crippen LogP contribution < -0.4 is 10.6 Å². The molecule has 2 atom stereocenters. The van der Waals surface area contributed by atoms with Gasteiger partial charge in [-0.05, 0) is 26.7 Å². The van der Waals surface area contributed by atoms with E-state index in [1.807, 2.05) is 20.8 Å². The van der Waals surface area contributed by atoms with Crippen LogP contribution in [0, 0.1) is 10.1 Å². The van der Waals surface area contributed by atoms with E-state index < -0.39 is 4.92 Å². The Balaban J connectivity index is 2.32. The van der Waals surface area contributed by atoms with Crippen LogP contribution >= 0.6 is 0 Å². The number of nitro groups is 1. The van der Waals surface area contributed by atoms with Gasteiger partial charge in [0.15, 0.2) is 0 Å². The Kier molecular flexibility index (Phi) is 4.56. The summed E-state index contributed by atoms with van der Waals surface area (Å²) in [6, 6.07) is 0. The first-order valence-corrected chi connectivity index (χ1v) is 7.11. The summed E-state index contributed by atoms with van der Waals surface area (Å²) < 4.78 is 5.54. The molecule has 1 aromatic heterocycles. The van der Waals surface area contributed by atoms with Gasteiger partial charge >= 0.3 is 5.69 Å². The fraction of sp³-hybridized carbons (Fsp3) is 0.692. The number of ether oxygens (including phenoxy) is 1. The zero-order chi connectivity index (χ0) is 15.5. The lowest BCUT2D eigenvalue weighted by atomic mass is 9.94. The van der Waals surface area contributed by atoms with E-state index >= 15 is 0 Å². The van der Waals surface area contributed by atoms with Gasteiger partial charge in [-0.3, -0.25) is 10.1 Å². The summed E-state index contributed by atoms with van der Waals surface area (Å²) in [7, 11) is 0. The van der Waals surface area contributed by atoms with E-state index in [0.29, 0.717) is 13.2 Å². The highest BCUT2D eigenvalue weighted by Gasteiger charge is 2.39. The van der Waals surface area contributed by atoms with Crippen LogP contribution in [-0.4, -0.2) is 39.7 Å². The third-order valence-electron chi connectivity index (χ3n) is 3.84. The van der Waals surface area contributed by atoms with Gasteiger partial charge in [0, 0.05) is 13.2 Å². The van der Waals surface area contributed by atoms with Gasteiger partial charge in [0.2, 0.25) is 11.6 Å². The van der Waals surface area contributed by atoms with Crippen LogP contribution in [0.4, 0.5) is 17.3 Å². The Morgan fingerprint density at radius 2 is 2.24 bits per heavy atom. The van der Waals surface area contributed by atoms with E-state index in [2.05, 4.69) is 20.6 Å². The Morgan fingerprint density at radius 3 is 2.81 bits per heavy atom. The van der Waals surface area contributed by atoms with E-state index in [1.165, 1.54) is 6.33 Å². The van der Waals surface area contributed by atoms with Gasteiger partial charge in [0.05, 0.1) is 16.6 Å². The van der Waals surface area contributed by atoms with Crippen molar-refractivity contribution in [3.63, 3.8) is 0 Å². The molecule has 0 saturated carbocycles. The maximum atomic E-state index is 11.4. The molecular formula is C13H21N5O3. The molecule has 1 aliphatic heterocycles. The molecule has 0 aromatic carbocycles. The van der Waals surface area contributed by atoms with E-state index in [9.17, 15) is 10.1 Å². The summed E-state index contributed by atoms with van der Waals surface area (Å²) >= 11 is 0. The first-order valence-electron chi connectivity index (χ1n) is 7.11. The van der Waals surface area contributed by atoms with Crippen molar-refractivity contribution in [2.45, 2.75) is 45.3 Å². The maximum absolute atomic E-state index is 11.4. The summed E-state index contributed by atoms with van der Waals surface area (Å²) in [5, 5.41) is 17.5. The molecule has 2 N–H and O–H groups in total. The number of aromatic nitrogens is 2. The Labute approximate surface area is 123 Å². The molecule has 116 valence electrons. The smallest absolute Gasteiger partial charge is 0.353 e. The van der Waals surface area contributed by atoms with Crippen molar-refractivity contribution in [1.82, 2.24) is 9.97 Å². The van der Waals surface area contributed by atoms with Gasteiger partial charge in [-0.2, -0.15) is 0 Å². The van der Waals surface area contributed by atoms with Crippen molar-refractivity contribution in [2.24, 2.45) is 0 Å². The maximum Gasteiger partial charge on any atom is 0.353 e. The molecule has 1 fully saturated rings. The monoisotopic (exact) mass is 295 g/mol. The van der Waals surface area contributed by atoms with Crippen molar-refractivity contribution in [1.29, 1.82) is 0 Å². The molecule has 0 aliphatic carbocycles. The fourth-order valence-corrected chi connectivity index (χ4v) is 2.29. The van der Waals surface area contributed by atoms with Crippen molar-refractivity contribution >= 4 is 17.3 Å². The van der Waals surface area contributed by atoms with Crippen LogP contribution in [0.1, 0.15) is 33.6 Å². The molecule has 1 aliphatic rings. The lowest BCUT2D eigenvalue weighted by molar-refractivity contribution is -0.383. The molecule has 2 heterocycles. The average Bonchev–Trinajstić information content (AvgIpc) is 2.75. The molecule has 0 radical (unpaired) electrons. The van der Waals surface area contributed by atoms with Gasteiger partial charge in [0.1, 0.15) is 6.33 Å². The van der Waals surface area contributed by atoms with E-state index in [0.717, 1.165) is 12.8 Å². The van der Waals surface area contributed by atoms with Gasteiger partial charge in [-0.25, -0.2) is 9.97 Å². The van der Waals surface area contributed by atoms with E-state index in [1.54, 1.807) is 0 Å². The van der Waals surface area contributed by atoms with Gasteiger partial charge in [0.25, 0.3) is 0 Å². The third-order valence-corrected chi connectivity index (χ3v) is 3.84. The second-order valence-corrected chi connectivity index (χ2v) is 5.41. The predicted molar refractivity (Wildman–Crippen MR) is 79.5 cm³/mol. The minimum atomic E-state index is -0.454. The minimum Gasteiger partial charge on any atom is -0.376 e. The quantitative estimate of drug-likeness (QED) is 0.612. The van der Waals surface area contributed by atoms with Crippen LogP contribution in [0.2, 0.25) is 0 Å². The number of nitrogens with zero attached hydrogens (tertiary/aromatic N) is 3. The lowest BCUT2D eigenvalue weighted by Gasteiger charge is -2.29. The normalized spacial score (nSPS) is 24.8. The van der Waals surface area contributed by atoms with Crippen molar-refractivity contribution < 1.29 is 9.66 Å². The highest BCUT2D eigenvalue weighted by atomic mass is 16.6. The first kappa shape index (κ1) is 15.4. The molecule has 1 saturated heterocycles. The van der Waals surface area contributed by atoms with Gasteiger partial charge < -0.3 is 15.4 Å². The van der Waals surface area contributed by atoms with Crippen molar-refractivity contribution in [2.75, 3.05) is 23.8 Å². The van der Waals surface area contributed by atoms with Crippen LogP contribution in [0.3, 0.4) is 0 Å². The second kappa shape index (κ2) is 6.21. The van der Waals surface area contributed by atoms with Crippen molar-refractivity contribution in [3.05, 3.63) is 16.4 Å². The number of rotatable bonds is 6. The number of nitrogens with one attached hydrogen (secondary N) is 2. The zero-order valence-electron chi connectivity index (χ0n) is 12.5. The average molecular weight is 295 g/mol. The summed E-state index contributed by atoms with van der Waals surface area (Å²) in [4.78, 5) is 19.0. The Bertz CT molecular complexity index is 525. The fourth-order valence-electron chi connectivity index (χ4n) is 2.29. The Hall–Kier alpha value is -1.96. The molecular weight excluding hydrogens is 274 g/mol. The molecule has 21 heavy (non-hydrogen) atoms. The second-order valence-electron chi connectivity index (χ2n) is 5.41. The van der Waals surface area contributed by atoms with E-state index in [4.69, 9.17) is 4.74 Å². The highest BCUT2D eigenvalue weighted by Crippen LogP contribution is 2.35. The predicted octanol–water partition coefficient (Wildman–Crippen LogP) is 2.19. The standard InChI is InChI=1S/C13H21N5O3/c1-4-6-14-11-10(18(19)20)12(16-8-15-11)17-13(3)5-7-21-9(13)2/h8-9H,4-7H2,1-3H3,(H2,14,15,16,17). The molecule has 1 aromatic rings. The van der Waals surface area contributed by atoms with Gasteiger partial charge in [-0.1, -0.05) is 6.92 Å². The lowest BCUT2D eigenvalue weighted by Crippen LogP contribution is -2.41. The number of hydrogen-bond acceptors (Lipinski definition) is 7. The summed E-state index contributed by atoms with van der Waals surface area (Å²) in [6.07, 6.45) is 2.91. The van der Waals surface area contributed by atoms with Gasteiger partial charge in [-0.15, -0.1) is 0 Å². The zero-order valence-corrected chi connectivity index (χ0v) is 12.5. The molecule has 0 spiro atoms. The molecule has 8 nitrogen and oxygen atoms in total. The molecule has 8 heteroatoms. The molecule has 2 unspecified atom stereocenters. The summed E-state index contributed by atoms with van der Waals surface area (Å²) in [5.74, 6) is 0.475. The third kappa shape index (κ3) is 3.21. The topological polar surface area (TPSA) is 102 Å².